The van der Waals surface area contributed by atoms with Gasteiger partial charge in [-0.2, -0.15) is 0 Å². The van der Waals surface area contributed by atoms with Crippen LogP contribution in [0, 0.1) is 0 Å². The van der Waals surface area contributed by atoms with Crippen molar-refractivity contribution < 1.29 is 4.79 Å². The van der Waals surface area contributed by atoms with Crippen LogP contribution in [-0.4, -0.2) is 55.1 Å². The highest BCUT2D eigenvalue weighted by Gasteiger charge is 2.32. The van der Waals surface area contributed by atoms with Crippen molar-refractivity contribution in [2.24, 2.45) is 0 Å². The Morgan fingerprint density at radius 1 is 1.19 bits per heavy atom. The minimum absolute atomic E-state index is 0.144. The Kier molecular flexibility index (Phi) is 3.69. The third-order valence-corrected chi connectivity index (χ3v) is 3.81. The summed E-state index contributed by atoms with van der Waals surface area (Å²) < 4.78 is 0. The number of likely N-dealkylation sites (N-methyl/N-ethyl adjacent to an activating group) is 1. The Hall–Kier alpha value is -0.770. The Morgan fingerprint density at radius 2 is 1.81 bits per heavy atom. The Balaban J connectivity index is 1.69. The van der Waals surface area contributed by atoms with E-state index in [0.717, 1.165) is 25.9 Å². The van der Waals surface area contributed by atoms with Gasteiger partial charge in [0.25, 0.3) is 0 Å². The van der Waals surface area contributed by atoms with Crippen molar-refractivity contribution in [1.29, 1.82) is 0 Å². The molecule has 2 fully saturated rings. The summed E-state index contributed by atoms with van der Waals surface area (Å²) in [6.45, 7) is 1.76. The molecule has 0 unspecified atom stereocenters. The standard InChI is InChI=1S/C12H23N3O/c1-14(2)11-8-15(9-11)12(16)13-10-6-4-3-5-7-10/h10-11H,3-9H2,1-2H3,(H,13,16). The SMILES string of the molecule is CN(C)C1CN(C(=O)NC2CCCCC2)C1. The fourth-order valence-electron chi connectivity index (χ4n) is 2.46. The number of hydrogen-bond acceptors (Lipinski definition) is 2. The van der Waals surface area contributed by atoms with Gasteiger partial charge >= 0.3 is 6.03 Å². The summed E-state index contributed by atoms with van der Waals surface area (Å²) in [4.78, 5) is 16.0. The first-order valence-corrected chi connectivity index (χ1v) is 6.38. The molecule has 0 radical (unpaired) electrons. The van der Waals surface area contributed by atoms with E-state index in [2.05, 4.69) is 24.3 Å². The smallest absolute Gasteiger partial charge is 0.317 e. The van der Waals surface area contributed by atoms with E-state index < -0.39 is 0 Å². The lowest BCUT2D eigenvalue weighted by atomic mass is 9.95. The number of urea groups is 1. The number of rotatable bonds is 2. The van der Waals surface area contributed by atoms with E-state index in [1.165, 1.54) is 19.3 Å². The molecule has 0 aromatic rings. The lowest BCUT2D eigenvalue weighted by molar-refractivity contribution is 0.0847. The van der Waals surface area contributed by atoms with E-state index >= 15 is 0 Å². The van der Waals surface area contributed by atoms with Crippen LogP contribution in [0.25, 0.3) is 0 Å². The molecular formula is C12H23N3O. The zero-order valence-corrected chi connectivity index (χ0v) is 10.4. The number of likely N-dealkylation sites (tertiary alicyclic amines) is 1. The summed E-state index contributed by atoms with van der Waals surface area (Å²) in [7, 11) is 4.14. The molecule has 4 nitrogen and oxygen atoms in total. The summed E-state index contributed by atoms with van der Waals surface area (Å²) >= 11 is 0. The molecule has 92 valence electrons. The van der Waals surface area contributed by atoms with Gasteiger partial charge in [-0.25, -0.2) is 4.79 Å². The van der Waals surface area contributed by atoms with Gasteiger partial charge in [0.15, 0.2) is 0 Å². The summed E-state index contributed by atoms with van der Waals surface area (Å²) in [5.74, 6) is 0. The zero-order valence-electron chi connectivity index (χ0n) is 10.4. The van der Waals surface area contributed by atoms with Crippen molar-refractivity contribution in [3.8, 4) is 0 Å². The van der Waals surface area contributed by atoms with E-state index in [1.807, 2.05) is 4.90 Å². The second-order valence-corrected chi connectivity index (χ2v) is 5.31. The highest BCUT2D eigenvalue weighted by atomic mass is 16.2. The molecule has 2 aliphatic rings. The van der Waals surface area contributed by atoms with E-state index in [1.54, 1.807) is 0 Å². The van der Waals surface area contributed by atoms with Crippen LogP contribution >= 0.6 is 0 Å². The van der Waals surface area contributed by atoms with Gasteiger partial charge in [0.1, 0.15) is 0 Å². The topological polar surface area (TPSA) is 35.6 Å². The monoisotopic (exact) mass is 225 g/mol. The zero-order chi connectivity index (χ0) is 11.5. The average molecular weight is 225 g/mol. The van der Waals surface area contributed by atoms with Crippen LogP contribution in [0.4, 0.5) is 4.79 Å². The molecule has 0 atom stereocenters. The predicted octanol–water partition coefficient (Wildman–Crippen LogP) is 1.27. The Morgan fingerprint density at radius 3 is 2.38 bits per heavy atom. The minimum atomic E-state index is 0.144. The molecule has 1 N–H and O–H groups in total. The summed E-state index contributed by atoms with van der Waals surface area (Å²) in [5.41, 5.74) is 0. The fraction of sp³-hybridized carbons (Fsp3) is 0.917. The quantitative estimate of drug-likeness (QED) is 0.768. The first-order chi connectivity index (χ1) is 7.66. The third-order valence-electron chi connectivity index (χ3n) is 3.81. The molecule has 1 aliphatic carbocycles. The van der Waals surface area contributed by atoms with E-state index in [9.17, 15) is 4.79 Å². The lowest BCUT2D eigenvalue weighted by Gasteiger charge is -2.43. The first-order valence-electron chi connectivity index (χ1n) is 6.38. The average Bonchev–Trinajstić information content (AvgIpc) is 2.15. The normalized spacial score (nSPS) is 23.3. The molecule has 0 aromatic heterocycles. The predicted molar refractivity (Wildman–Crippen MR) is 64.5 cm³/mol. The van der Waals surface area contributed by atoms with Gasteiger partial charge in [0.05, 0.1) is 0 Å². The number of nitrogens with one attached hydrogen (secondary N) is 1. The minimum Gasteiger partial charge on any atom is -0.335 e. The van der Waals surface area contributed by atoms with Gasteiger partial charge in [0.2, 0.25) is 0 Å². The molecule has 1 saturated carbocycles. The molecule has 1 saturated heterocycles. The Bertz CT molecular complexity index is 243. The van der Waals surface area contributed by atoms with Crippen LogP contribution in [-0.2, 0) is 0 Å². The van der Waals surface area contributed by atoms with Crippen molar-refractivity contribution in [1.82, 2.24) is 15.1 Å². The summed E-state index contributed by atoms with van der Waals surface area (Å²) in [6, 6.07) is 1.13. The fourth-order valence-corrected chi connectivity index (χ4v) is 2.46. The second-order valence-electron chi connectivity index (χ2n) is 5.31. The van der Waals surface area contributed by atoms with Crippen LogP contribution in [0.15, 0.2) is 0 Å². The van der Waals surface area contributed by atoms with E-state index in [4.69, 9.17) is 0 Å². The van der Waals surface area contributed by atoms with E-state index in [0.29, 0.717) is 12.1 Å². The molecule has 2 amide bonds. The summed E-state index contributed by atoms with van der Waals surface area (Å²) in [5, 5.41) is 3.15. The van der Waals surface area contributed by atoms with Crippen LogP contribution in [0.1, 0.15) is 32.1 Å². The molecule has 16 heavy (non-hydrogen) atoms. The van der Waals surface area contributed by atoms with Crippen LogP contribution < -0.4 is 5.32 Å². The van der Waals surface area contributed by atoms with Crippen molar-refractivity contribution in [3.05, 3.63) is 0 Å². The van der Waals surface area contributed by atoms with Crippen LogP contribution in [0.3, 0.4) is 0 Å². The van der Waals surface area contributed by atoms with Crippen molar-refractivity contribution in [2.75, 3.05) is 27.2 Å². The van der Waals surface area contributed by atoms with Gasteiger partial charge in [-0.15, -0.1) is 0 Å². The van der Waals surface area contributed by atoms with Gasteiger partial charge in [-0.3, -0.25) is 0 Å². The molecule has 4 heteroatoms. The van der Waals surface area contributed by atoms with Crippen molar-refractivity contribution in [2.45, 2.75) is 44.2 Å². The van der Waals surface area contributed by atoms with Crippen LogP contribution in [0.2, 0.25) is 0 Å². The summed E-state index contributed by atoms with van der Waals surface area (Å²) in [6.07, 6.45) is 6.20. The molecule has 1 heterocycles. The largest absolute Gasteiger partial charge is 0.335 e. The van der Waals surface area contributed by atoms with Crippen molar-refractivity contribution in [3.63, 3.8) is 0 Å². The van der Waals surface area contributed by atoms with Gasteiger partial charge in [0, 0.05) is 25.2 Å². The maximum atomic E-state index is 11.9. The number of carbonyl (C=O) groups is 1. The second kappa shape index (κ2) is 5.04. The van der Waals surface area contributed by atoms with Crippen molar-refractivity contribution >= 4 is 6.03 Å². The number of hydrogen-bond donors (Lipinski definition) is 1. The third kappa shape index (κ3) is 2.67. The number of carbonyl (C=O) groups excluding carboxylic acids is 1. The molecule has 0 aromatic carbocycles. The molecule has 0 bridgehead atoms. The first kappa shape index (κ1) is 11.7. The van der Waals surface area contributed by atoms with E-state index in [-0.39, 0.29) is 6.03 Å². The van der Waals surface area contributed by atoms with Gasteiger partial charge in [-0.05, 0) is 26.9 Å². The Labute approximate surface area is 98.0 Å². The molecular weight excluding hydrogens is 202 g/mol. The maximum Gasteiger partial charge on any atom is 0.317 e. The highest BCUT2D eigenvalue weighted by Crippen LogP contribution is 2.18. The maximum absolute atomic E-state index is 11.9. The van der Waals surface area contributed by atoms with Crippen LogP contribution in [0.5, 0.6) is 0 Å². The number of nitrogens with zero attached hydrogens (tertiary/aromatic N) is 2. The molecule has 0 spiro atoms. The van der Waals surface area contributed by atoms with Gasteiger partial charge in [-0.1, -0.05) is 19.3 Å². The number of amides is 2. The van der Waals surface area contributed by atoms with Gasteiger partial charge < -0.3 is 15.1 Å². The lowest BCUT2D eigenvalue weighted by Crippen LogP contribution is -2.62. The molecule has 2 rings (SSSR count). The highest BCUT2D eigenvalue weighted by molar-refractivity contribution is 5.75. The molecule has 1 aliphatic heterocycles.